The van der Waals surface area contributed by atoms with Gasteiger partial charge in [-0.2, -0.15) is 0 Å². The maximum absolute atomic E-state index is 12.8. The summed E-state index contributed by atoms with van der Waals surface area (Å²) in [5, 5.41) is 0.405. The van der Waals surface area contributed by atoms with Gasteiger partial charge in [-0.3, -0.25) is 14.5 Å². The van der Waals surface area contributed by atoms with Crippen molar-refractivity contribution in [2.24, 2.45) is 0 Å². The van der Waals surface area contributed by atoms with Crippen molar-refractivity contribution in [1.82, 2.24) is 14.9 Å². The molecular formula is C19H29N3O8. The molecule has 0 N–H and O–H groups in total. The van der Waals surface area contributed by atoms with Crippen molar-refractivity contribution in [2.75, 3.05) is 19.6 Å². The number of hydrogen-bond acceptors (Lipinski definition) is 8. The third kappa shape index (κ3) is 6.07. The first-order valence-electron chi connectivity index (χ1n) is 9.73. The number of ether oxygens (including phenoxy) is 2. The summed E-state index contributed by atoms with van der Waals surface area (Å²) < 4.78 is 10.7. The minimum absolute atomic E-state index is 0.0180. The Labute approximate surface area is 175 Å². The Morgan fingerprint density at radius 1 is 0.833 bits per heavy atom. The normalized spacial score (nSPS) is 20.3. The fourth-order valence-electron chi connectivity index (χ4n) is 2.82. The minimum atomic E-state index is -1.28. The van der Waals surface area contributed by atoms with E-state index in [0.717, 1.165) is 4.90 Å². The first-order chi connectivity index (χ1) is 13.7. The van der Waals surface area contributed by atoms with E-state index < -0.39 is 47.2 Å². The number of nitrogens with zero attached hydrogens (tertiary/aromatic N) is 3. The Morgan fingerprint density at radius 3 is 1.83 bits per heavy atom. The first kappa shape index (κ1) is 23.4. The fraction of sp³-hybridized carbons (Fsp3) is 0.737. The summed E-state index contributed by atoms with van der Waals surface area (Å²) in [5.74, 6) is -2.30. The molecule has 2 rings (SSSR count). The van der Waals surface area contributed by atoms with E-state index in [-0.39, 0.29) is 32.5 Å². The summed E-state index contributed by atoms with van der Waals surface area (Å²) >= 11 is 0. The van der Waals surface area contributed by atoms with Crippen LogP contribution in [0.15, 0.2) is 0 Å². The molecule has 11 nitrogen and oxygen atoms in total. The second-order valence-corrected chi connectivity index (χ2v) is 9.11. The van der Waals surface area contributed by atoms with Crippen LogP contribution in [0, 0.1) is 0 Å². The molecule has 0 aromatic carbocycles. The number of imide groups is 1. The predicted molar refractivity (Wildman–Crippen MR) is 102 cm³/mol. The van der Waals surface area contributed by atoms with Gasteiger partial charge in [0.2, 0.25) is 0 Å². The van der Waals surface area contributed by atoms with Gasteiger partial charge in [0.15, 0.2) is 6.04 Å². The molecule has 2 saturated heterocycles. The van der Waals surface area contributed by atoms with Crippen LogP contribution in [0.3, 0.4) is 0 Å². The monoisotopic (exact) mass is 427 g/mol. The van der Waals surface area contributed by atoms with E-state index in [4.69, 9.17) is 14.3 Å². The molecule has 1 atom stereocenters. The van der Waals surface area contributed by atoms with Crippen molar-refractivity contribution in [3.63, 3.8) is 0 Å². The van der Waals surface area contributed by atoms with Crippen molar-refractivity contribution < 1.29 is 38.3 Å². The Balaban J connectivity index is 2.20. The van der Waals surface area contributed by atoms with E-state index in [0.29, 0.717) is 5.06 Å². The summed E-state index contributed by atoms with van der Waals surface area (Å²) in [4.78, 5) is 68.8. The zero-order chi connectivity index (χ0) is 22.9. The molecule has 0 spiro atoms. The molecule has 0 aromatic heterocycles. The van der Waals surface area contributed by atoms with Crippen LogP contribution in [-0.2, 0) is 28.7 Å². The zero-order valence-corrected chi connectivity index (χ0v) is 18.2. The summed E-state index contributed by atoms with van der Waals surface area (Å²) in [6.45, 7) is 10.0. The third-order valence-corrected chi connectivity index (χ3v) is 4.12. The van der Waals surface area contributed by atoms with E-state index in [1.807, 2.05) is 0 Å². The van der Waals surface area contributed by atoms with Gasteiger partial charge in [0.05, 0.1) is 6.54 Å². The lowest BCUT2D eigenvalue weighted by Crippen LogP contribution is -2.61. The number of rotatable bonds is 2. The highest BCUT2D eigenvalue weighted by Crippen LogP contribution is 2.21. The second kappa shape index (κ2) is 8.49. The smallest absolute Gasteiger partial charge is 0.411 e. The van der Waals surface area contributed by atoms with Gasteiger partial charge in [-0.05, 0) is 41.5 Å². The van der Waals surface area contributed by atoms with E-state index in [1.54, 1.807) is 41.5 Å². The highest BCUT2D eigenvalue weighted by atomic mass is 16.7. The van der Waals surface area contributed by atoms with Gasteiger partial charge in [-0.1, -0.05) is 0 Å². The molecule has 2 fully saturated rings. The fourth-order valence-corrected chi connectivity index (χ4v) is 2.82. The van der Waals surface area contributed by atoms with Crippen LogP contribution in [0.1, 0.15) is 54.4 Å². The lowest BCUT2D eigenvalue weighted by molar-refractivity contribution is -0.202. The van der Waals surface area contributed by atoms with Crippen LogP contribution in [0.4, 0.5) is 9.59 Å². The van der Waals surface area contributed by atoms with Gasteiger partial charge in [-0.15, -0.1) is 5.06 Å². The third-order valence-electron chi connectivity index (χ3n) is 4.12. The topological polar surface area (TPSA) is 123 Å². The average molecular weight is 427 g/mol. The number of piperazine rings is 1. The van der Waals surface area contributed by atoms with E-state index in [2.05, 4.69) is 0 Å². The molecule has 1 unspecified atom stereocenters. The van der Waals surface area contributed by atoms with Crippen molar-refractivity contribution in [3.8, 4) is 0 Å². The van der Waals surface area contributed by atoms with Gasteiger partial charge < -0.3 is 19.2 Å². The Kier molecular flexibility index (Phi) is 6.63. The minimum Gasteiger partial charge on any atom is -0.444 e. The summed E-state index contributed by atoms with van der Waals surface area (Å²) in [6, 6.07) is -1.28. The molecule has 0 aliphatic carbocycles. The van der Waals surface area contributed by atoms with Crippen LogP contribution in [0.25, 0.3) is 0 Å². The van der Waals surface area contributed by atoms with Crippen molar-refractivity contribution in [1.29, 1.82) is 0 Å². The quantitative estimate of drug-likeness (QED) is 0.607. The Morgan fingerprint density at radius 2 is 1.33 bits per heavy atom. The highest BCUT2D eigenvalue weighted by molar-refractivity contribution is 6.02. The summed E-state index contributed by atoms with van der Waals surface area (Å²) in [6.07, 6.45) is -1.54. The largest absolute Gasteiger partial charge is 0.444 e. The predicted octanol–water partition coefficient (Wildman–Crippen LogP) is 1.45. The molecule has 168 valence electrons. The lowest BCUT2D eigenvalue weighted by Gasteiger charge is -2.40. The van der Waals surface area contributed by atoms with Gasteiger partial charge >= 0.3 is 18.2 Å². The standard InChI is InChI=1S/C19H29N3O8/c1-18(2,3)28-16(26)20-9-10-21(17(27)29-19(4,5)6)12(11-20)15(25)30-22-13(23)7-8-14(22)24/h12H,7-11H2,1-6H3. The van der Waals surface area contributed by atoms with Crippen LogP contribution >= 0.6 is 0 Å². The maximum atomic E-state index is 12.8. The average Bonchev–Trinajstić information content (AvgIpc) is 2.90. The van der Waals surface area contributed by atoms with Crippen LogP contribution < -0.4 is 0 Å². The number of carbonyl (C=O) groups is 5. The van der Waals surface area contributed by atoms with E-state index in [9.17, 15) is 24.0 Å². The van der Waals surface area contributed by atoms with E-state index >= 15 is 0 Å². The van der Waals surface area contributed by atoms with Crippen LogP contribution in [0.2, 0.25) is 0 Å². The second-order valence-electron chi connectivity index (χ2n) is 9.11. The Bertz CT molecular complexity index is 721. The molecule has 2 heterocycles. The van der Waals surface area contributed by atoms with Gasteiger partial charge in [0.1, 0.15) is 11.2 Å². The first-order valence-corrected chi connectivity index (χ1v) is 9.73. The molecule has 0 bridgehead atoms. The molecule has 0 aromatic rings. The lowest BCUT2D eigenvalue weighted by atomic mass is 10.1. The highest BCUT2D eigenvalue weighted by Gasteiger charge is 2.43. The van der Waals surface area contributed by atoms with Crippen molar-refractivity contribution >= 4 is 30.0 Å². The molecule has 30 heavy (non-hydrogen) atoms. The number of carbonyl (C=O) groups excluding carboxylic acids is 5. The van der Waals surface area contributed by atoms with E-state index in [1.165, 1.54) is 4.90 Å². The summed E-state index contributed by atoms with van der Waals surface area (Å²) in [5.41, 5.74) is -1.56. The van der Waals surface area contributed by atoms with Crippen molar-refractivity contribution in [3.05, 3.63) is 0 Å². The van der Waals surface area contributed by atoms with Crippen LogP contribution in [0.5, 0.6) is 0 Å². The molecule has 0 radical (unpaired) electrons. The molecule has 2 aliphatic heterocycles. The SMILES string of the molecule is CC(C)(C)OC(=O)N1CCN(C(=O)OC(C)(C)C)C(C(=O)ON2C(=O)CCC2=O)C1. The molecule has 0 saturated carbocycles. The van der Waals surface area contributed by atoms with Crippen molar-refractivity contribution in [2.45, 2.75) is 71.6 Å². The number of hydrogen-bond donors (Lipinski definition) is 0. The van der Waals surface area contributed by atoms with Gasteiger partial charge in [-0.25, -0.2) is 14.4 Å². The van der Waals surface area contributed by atoms with Gasteiger partial charge in [0, 0.05) is 25.9 Å². The molecular weight excluding hydrogens is 398 g/mol. The molecule has 11 heteroatoms. The van der Waals surface area contributed by atoms with Crippen LogP contribution in [-0.4, -0.2) is 81.7 Å². The van der Waals surface area contributed by atoms with Gasteiger partial charge in [0.25, 0.3) is 11.8 Å². The molecule has 2 aliphatic rings. The maximum Gasteiger partial charge on any atom is 0.411 e. The summed E-state index contributed by atoms with van der Waals surface area (Å²) in [7, 11) is 0. The number of amides is 4. The zero-order valence-electron chi connectivity index (χ0n) is 18.2. The number of hydroxylamine groups is 2. The Hall–Kier alpha value is -2.85. The molecule has 4 amide bonds.